The van der Waals surface area contributed by atoms with Crippen molar-refractivity contribution < 1.29 is 18.7 Å². The number of amides is 3. The Balaban J connectivity index is 1.43. The molecule has 2 aromatic rings. The maximum atomic E-state index is 13.4. The molecule has 3 amide bonds. The van der Waals surface area contributed by atoms with E-state index in [1.807, 2.05) is 6.07 Å². The summed E-state index contributed by atoms with van der Waals surface area (Å²) in [5, 5.41) is 8.36. The van der Waals surface area contributed by atoms with Crippen molar-refractivity contribution in [3.05, 3.63) is 53.8 Å². The number of hydrogen-bond donors (Lipinski definition) is 3. The van der Waals surface area contributed by atoms with Gasteiger partial charge in [-0.05, 0) is 49.2 Å². The maximum Gasteiger partial charge on any atom is 0.323 e. The van der Waals surface area contributed by atoms with Crippen LogP contribution in [-0.4, -0.2) is 69.3 Å². The van der Waals surface area contributed by atoms with Crippen LogP contribution in [0, 0.1) is 5.82 Å². The normalized spacial score (nSPS) is 16.5. The Kier molecular flexibility index (Phi) is 7.74. The summed E-state index contributed by atoms with van der Waals surface area (Å²) in [6, 6.07) is 10.5. The van der Waals surface area contributed by atoms with Crippen LogP contribution < -0.4 is 20.9 Å². The molecule has 0 bridgehead atoms. The average molecular weight is 456 g/mol. The van der Waals surface area contributed by atoms with Gasteiger partial charge in [-0.2, -0.15) is 0 Å². The van der Waals surface area contributed by atoms with E-state index in [2.05, 4.69) is 25.8 Å². The maximum absolute atomic E-state index is 13.4. The zero-order valence-electron chi connectivity index (χ0n) is 18.6. The highest BCUT2D eigenvalue weighted by atomic mass is 19.1. The lowest BCUT2D eigenvalue weighted by molar-refractivity contribution is 0.0383. The Morgan fingerprint density at radius 3 is 2.39 bits per heavy atom. The van der Waals surface area contributed by atoms with Crippen LogP contribution in [0.4, 0.5) is 26.2 Å². The molecule has 2 heterocycles. The van der Waals surface area contributed by atoms with Crippen molar-refractivity contribution in [2.24, 2.45) is 0 Å². The first-order valence-corrected chi connectivity index (χ1v) is 11.4. The molecule has 3 N–H and O–H groups in total. The molecule has 9 heteroatoms. The molecule has 33 heavy (non-hydrogen) atoms. The van der Waals surface area contributed by atoms with E-state index in [-0.39, 0.29) is 5.91 Å². The van der Waals surface area contributed by atoms with E-state index in [0.29, 0.717) is 23.5 Å². The standard InChI is InChI=1S/C24H30FN5O3/c25-18-4-3-5-19(16-18)27-24(32)28-20-6-7-22(30-9-1-2-10-30)21(17-20)23(31)26-8-11-29-12-14-33-15-13-29/h3-7,16-17H,1-2,8-15H2,(H,26,31)(H2,27,28,32). The Hall–Kier alpha value is -3.17. The zero-order valence-corrected chi connectivity index (χ0v) is 18.6. The number of nitrogens with one attached hydrogen (secondary N) is 3. The van der Waals surface area contributed by atoms with Crippen LogP contribution >= 0.6 is 0 Å². The number of hydrogen-bond acceptors (Lipinski definition) is 5. The molecule has 2 fully saturated rings. The predicted octanol–water partition coefficient (Wildman–Crippen LogP) is 3.13. The quantitative estimate of drug-likeness (QED) is 0.597. The van der Waals surface area contributed by atoms with Gasteiger partial charge in [-0.3, -0.25) is 9.69 Å². The summed E-state index contributed by atoms with van der Waals surface area (Å²) < 4.78 is 18.7. The third-order valence-electron chi connectivity index (χ3n) is 5.85. The van der Waals surface area contributed by atoms with Gasteiger partial charge in [0.1, 0.15) is 5.82 Å². The number of halogens is 1. The Bertz CT molecular complexity index is 974. The van der Waals surface area contributed by atoms with Gasteiger partial charge in [0.2, 0.25) is 0 Å². The fourth-order valence-electron chi connectivity index (χ4n) is 4.14. The van der Waals surface area contributed by atoms with E-state index >= 15 is 0 Å². The molecule has 2 saturated heterocycles. The van der Waals surface area contributed by atoms with Gasteiger partial charge in [0.05, 0.1) is 18.8 Å². The predicted molar refractivity (Wildman–Crippen MR) is 127 cm³/mol. The lowest BCUT2D eigenvalue weighted by Crippen LogP contribution is -2.41. The summed E-state index contributed by atoms with van der Waals surface area (Å²) in [5.74, 6) is -0.599. The van der Waals surface area contributed by atoms with Crippen LogP contribution in [0.1, 0.15) is 23.2 Å². The van der Waals surface area contributed by atoms with Crippen molar-refractivity contribution in [3.8, 4) is 0 Å². The van der Waals surface area contributed by atoms with Gasteiger partial charge in [0, 0.05) is 56.3 Å². The number of rotatable bonds is 7. The second-order valence-corrected chi connectivity index (χ2v) is 8.23. The van der Waals surface area contributed by atoms with E-state index in [9.17, 15) is 14.0 Å². The van der Waals surface area contributed by atoms with Gasteiger partial charge >= 0.3 is 6.03 Å². The highest BCUT2D eigenvalue weighted by molar-refractivity contribution is 6.04. The molecule has 0 radical (unpaired) electrons. The third kappa shape index (κ3) is 6.43. The van der Waals surface area contributed by atoms with Crippen molar-refractivity contribution in [2.45, 2.75) is 12.8 Å². The van der Waals surface area contributed by atoms with E-state index in [1.165, 1.54) is 18.2 Å². The molecular weight excluding hydrogens is 425 g/mol. The highest BCUT2D eigenvalue weighted by Crippen LogP contribution is 2.27. The number of morpholine rings is 1. The molecule has 0 atom stereocenters. The summed E-state index contributed by atoms with van der Waals surface area (Å²) in [7, 11) is 0. The lowest BCUT2D eigenvalue weighted by Gasteiger charge is -2.26. The SMILES string of the molecule is O=C(Nc1cccc(F)c1)Nc1ccc(N2CCCC2)c(C(=O)NCCN2CCOCC2)c1. The zero-order chi connectivity index (χ0) is 23.0. The number of ether oxygens (including phenoxy) is 1. The monoisotopic (exact) mass is 455 g/mol. The minimum absolute atomic E-state index is 0.167. The Morgan fingerprint density at radius 1 is 0.939 bits per heavy atom. The molecule has 4 rings (SSSR count). The Labute approximate surface area is 193 Å². The fraction of sp³-hybridized carbons (Fsp3) is 0.417. The van der Waals surface area contributed by atoms with Gasteiger partial charge in [-0.25, -0.2) is 9.18 Å². The summed E-state index contributed by atoms with van der Waals surface area (Å²) in [6.45, 7) is 6.29. The minimum atomic E-state index is -0.506. The molecular formula is C24H30FN5O3. The van der Waals surface area contributed by atoms with Crippen LogP contribution in [0.15, 0.2) is 42.5 Å². The van der Waals surface area contributed by atoms with Crippen LogP contribution in [0.5, 0.6) is 0 Å². The second kappa shape index (κ2) is 11.1. The first kappa shape index (κ1) is 23.0. The molecule has 8 nitrogen and oxygen atoms in total. The molecule has 2 aliphatic heterocycles. The van der Waals surface area contributed by atoms with Crippen molar-refractivity contribution >= 4 is 29.0 Å². The number of urea groups is 1. The van der Waals surface area contributed by atoms with Crippen molar-refractivity contribution in [2.75, 3.05) is 68.0 Å². The van der Waals surface area contributed by atoms with Crippen LogP contribution in [0.2, 0.25) is 0 Å². The molecule has 0 spiro atoms. The number of benzene rings is 2. The first-order chi connectivity index (χ1) is 16.1. The van der Waals surface area contributed by atoms with Crippen molar-refractivity contribution in [1.82, 2.24) is 10.2 Å². The second-order valence-electron chi connectivity index (χ2n) is 8.23. The van der Waals surface area contributed by atoms with Crippen molar-refractivity contribution in [3.63, 3.8) is 0 Å². The first-order valence-electron chi connectivity index (χ1n) is 11.4. The topological polar surface area (TPSA) is 85.9 Å². The van der Waals surface area contributed by atoms with E-state index in [4.69, 9.17) is 4.74 Å². The van der Waals surface area contributed by atoms with E-state index < -0.39 is 11.8 Å². The molecule has 0 aliphatic carbocycles. The molecule has 0 saturated carbocycles. The molecule has 2 aromatic carbocycles. The summed E-state index contributed by atoms with van der Waals surface area (Å²) in [5.41, 5.74) is 2.24. The number of nitrogens with zero attached hydrogens (tertiary/aromatic N) is 2. The lowest BCUT2D eigenvalue weighted by atomic mass is 10.1. The van der Waals surface area contributed by atoms with Gasteiger partial charge in [-0.1, -0.05) is 6.07 Å². The fourth-order valence-corrected chi connectivity index (χ4v) is 4.14. The highest BCUT2D eigenvalue weighted by Gasteiger charge is 2.21. The van der Waals surface area contributed by atoms with Gasteiger partial charge in [0.25, 0.3) is 5.91 Å². The Morgan fingerprint density at radius 2 is 1.67 bits per heavy atom. The van der Waals surface area contributed by atoms with Crippen LogP contribution in [0.3, 0.4) is 0 Å². The average Bonchev–Trinajstić information content (AvgIpc) is 3.34. The third-order valence-corrected chi connectivity index (χ3v) is 5.85. The number of anilines is 3. The molecule has 0 unspecified atom stereocenters. The minimum Gasteiger partial charge on any atom is -0.379 e. The largest absolute Gasteiger partial charge is 0.379 e. The summed E-state index contributed by atoms with van der Waals surface area (Å²) in [6.07, 6.45) is 2.18. The van der Waals surface area contributed by atoms with Crippen LogP contribution in [0.25, 0.3) is 0 Å². The van der Waals surface area contributed by atoms with Crippen molar-refractivity contribution in [1.29, 1.82) is 0 Å². The smallest absolute Gasteiger partial charge is 0.323 e. The van der Waals surface area contributed by atoms with E-state index in [1.54, 1.807) is 18.2 Å². The summed E-state index contributed by atoms with van der Waals surface area (Å²) in [4.78, 5) is 29.9. The van der Waals surface area contributed by atoms with Gasteiger partial charge < -0.3 is 25.6 Å². The van der Waals surface area contributed by atoms with Crippen LogP contribution in [-0.2, 0) is 4.74 Å². The summed E-state index contributed by atoms with van der Waals surface area (Å²) >= 11 is 0. The van der Waals surface area contributed by atoms with E-state index in [0.717, 1.165) is 64.5 Å². The number of carbonyl (C=O) groups is 2. The molecule has 2 aliphatic rings. The van der Waals surface area contributed by atoms with Gasteiger partial charge in [0.15, 0.2) is 0 Å². The molecule has 0 aromatic heterocycles. The number of carbonyl (C=O) groups excluding carboxylic acids is 2. The van der Waals surface area contributed by atoms with Gasteiger partial charge in [-0.15, -0.1) is 0 Å². The molecule has 176 valence electrons.